The van der Waals surface area contributed by atoms with Crippen LogP contribution in [0.2, 0.25) is 0 Å². The molecule has 23 heavy (non-hydrogen) atoms. The molecule has 1 unspecified atom stereocenters. The number of Topliss-reactive ketones (excluding diaryl/α,β-unsaturated/α-hetero) is 1. The zero-order valence-electron chi connectivity index (χ0n) is 13.5. The second-order valence-corrected chi connectivity index (χ2v) is 9.15. The van der Waals surface area contributed by atoms with Gasteiger partial charge in [0.1, 0.15) is 4.08 Å². The molecule has 1 aromatic carbocycles. The Morgan fingerprint density at radius 1 is 1.35 bits per heavy atom. The van der Waals surface area contributed by atoms with Crippen molar-refractivity contribution in [3.63, 3.8) is 0 Å². The Labute approximate surface area is 144 Å². The zero-order chi connectivity index (χ0) is 16.9. The number of ketones is 1. The summed E-state index contributed by atoms with van der Waals surface area (Å²) in [7, 11) is -1.14. The van der Waals surface area contributed by atoms with E-state index in [2.05, 4.69) is 5.32 Å². The quantitative estimate of drug-likeness (QED) is 0.854. The van der Waals surface area contributed by atoms with Crippen LogP contribution in [-0.4, -0.2) is 38.0 Å². The molecule has 2 rings (SSSR count). The molecule has 3 atom stereocenters. The zero-order valence-corrected chi connectivity index (χ0v) is 15.2. The fourth-order valence-corrected chi connectivity index (χ4v) is 6.54. The minimum Gasteiger partial charge on any atom is -0.351 e. The molecule has 0 aliphatic carbocycles. The number of carbonyl (C=O) groups excluding carboxylic acids is 2. The van der Waals surface area contributed by atoms with Crippen molar-refractivity contribution in [3.05, 3.63) is 35.9 Å². The van der Waals surface area contributed by atoms with Crippen LogP contribution in [0.3, 0.4) is 0 Å². The molecule has 6 heteroatoms. The first-order valence-corrected chi connectivity index (χ1v) is 10.2. The van der Waals surface area contributed by atoms with Crippen LogP contribution < -0.4 is 5.32 Å². The molecule has 1 aliphatic rings. The Hall–Kier alpha value is -1.14. The molecule has 1 aliphatic heterocycles. The van der Waals surface area contributed by atoms with Crippen LogP contribution in [0.1, 0.15) is 37.0 Å². The van der Waals surface area contributed by atoms with Gasteiger partial charge in [-0.3, -0.25) is 13.8 Å². The Bertz CT molecular complexity index is 591. The van der Waals surface area contributed by atoms with Crippen molar-refractivity contribution in [1.82, 2.24) is 5.32 Å². The lowest BCUT2D eigenvalue weighted by Crippen LogP contribution is -2.48. The maximum atomic E-state index is 12.8. The minimum absolute atomic E-state index is 0.00334. The molecule has 0 saturated carbocycles. The molecule has 4 nitrogen and oxygen atoms in total. The summed E-state index contributed by atoms with van der Waals surface area (Å²) in [5.41, 5.74) is 0.577. The van der Waals surface area contributed by atoms with E-state index >= 15 is 0 Å². The van der Waals surface area contributed by atoms with Crippen LogP contribution in [0, 0.1) is 5.92 Å². The molecule has 0 spiro atoms. The molecule has 1 N–H and O–H groups in total. The van der Waals surface area contributed by atoms with Gasteiger partial charge in [0.15, 0.2) is 5.78 Å². The van der Waals surface area contributed by atoms with E-state index in [0.717, 1.165) is 12.2 Å². The first kappa shape index (κ1) is 18.2. The monoisotopic (exact) mass is 353 g/mol. The molecule has 1 heterocycles. The SMILES string of the molecule is CC[C@]1(C(=O)[C@H](C)CNC(=O)c2ccccc2)SCCCS1=O. The highest BCUT2D eigenvalue weighted by atomic mass is 32.2. The summed E-state index contributed by atoms with van der Waals surface area (Å²) < 4.78 is 11.6. The highest BCUT2D eigenvalue weighted by molar-refractivity contribution is 8.14. The summed E-state index contributed by atoms with van der Waals surface area (Å²) in [5.74, 6) is 0.922. The maximum Gasteiger partial charge on any atom is 0.251 e. The first-order chi connectivity index (χ1) is 11.0. The second kappa shape index (κ2) is 8.11. The number of amides is 1. The third kappa shape index (κ3) is 4.04. The van der Waals surface area contributed by atoms with Crippen LogP contribution in [0.15, 0.2) is 30.3 Å². The lowest BCUT2D eigenvalue weighted by atomic mass is 10.0. The fourth-order valence-electron chi connectivity index (χ4n) is 2.68. The van der Waals surface area contributed by atoms with E-state index in [1.54, 1.807) is 31.2 Å². The number of hydrogen-bond donors (Lipinski definition) is 1. The van der Waals surface area contributed by atoms with E-state index in [0.29, 0.717) is 17.7 Å². The standard InChI is InChI=1S/C17H23NO3S2/c1-3-17(22-10-7-11-23(17)21)15(19)13(2)12-18-16(20)14-8-5-4-6-9-14/h4-6,8-9,13H,3,7,10-12H2,1-2H3,(H,18,20)/t13-,17+,23?/m1/s1. The summed E-state index contributed by atoms with van der Waals surface area (Å²) >= 11 is 1.52. The number of hydrogen-bond acceptors (Lipinski definition) is 4. The molecule has 1 amide bonds. The van der Waals surface area contributed by atoms with Gasteiger partial charge in [0.2, 0.25) is 0 Å². The van der Waals surface area contributed by atoms with E-state index in [-0.39, 0.29) is 24.2 Å². The number of nitrogens with one attached hydrogen (secondary N) is 1. The van der Waals surface area contributed by atoms with E-state index in [1.165, 1.54) is 11.8 Å². The summed E-state index contributed by atoms with van der Waals surface area (Å²) in [4.78, 5) is 24.9. The van der Waals surface area contributed by atoms with Crippen molar-refractivity contribution < 1.29 is 13.8 Å². The smallest absolute Gasteiger partial charge is 0.251 e. The minimum atomic E-state index is -1.14. The number of thioether (sulfide) groups is 1. The Kier molecular flexibility index (Phi) is 6.41. The summed E-state index contributed by atoms with van der Waals surface area (Å²) in [6.07, 6.45) is 1.46. The molecule has 1 fully saturated rings. The van der Waals surface area contributed by atoms with Gasteiger partial charge in [-0.25, -0.2) is 0 Å². The van der Waals surface area contributed by atoms with Gasteiger partial charge in [-0.15, -0.1) is 11.8 Å². The van der Waals surface area contributed by atoms with E-state index in [4.69, 9.17) is 0 Å². The van der Waals surface area contributed by atoms with Gasteiger partial charge in [0.25, 0.3) is 5.91 Å². The van der Waals surface area contributed by atoms with Gasteiger partial charge in [0, 0.05) is 34.6 Å². The van der Waals surface area contributed by atoms with E-state index in [9.17, 15) is 13.8 Å². The maximum absolute atomic E-state index is 12.8. The van der Waals surface area contributed by atoms with Gasteiger partial charge in [-0.05, 0) is 30.7 Å². The van der Waals surface area contributed by atoms with Crippen LogP contribution >= 0.6 is 11.8 Å². The Balaban J connectivity index is 1.99. The second-order valence-electron chi connectivity index (χ2n) is 5.70. The molecular weight excluding hydrogens is 330 g/mol. The third-order valence-corrected chi connectivity index (χ3v) is 8.32. The third-order valence-electron chi connectivity index (χ3n) is 4.07. The van der Waals surface area contributed by atoms with Gasteiger partial charge >= 0.3 is 0 Å². The van der Waals surface area contributed by atoms with Crippen molar-refractivity contribution in [1.29, 1.82) is 0 Å². The van der Waals surface area contributed by atoms with Crippen molar-refractivity contribution in [3.8, 4) is 0 Å². The van der Waals surface area contributed by atoms with Crippen molar-refractivity contribution in [2.45, 2.75) is 30.8 Å². The molecule has 126 valence electrons. The summed E-state index contributed by atoms with van der Waals surface area (Å²) in [6.45, 7) is 3.99. The topological polar surface area (TPSA) is 63.2 Å². The average Bonchev–Trinajstić information content (AvgIpc) is 2.60. The van der Waals surface area contributed by atoms with Crippen molar-refractivity contribution >= 4 is 34.3 Å². The largest absolute Gasteiger partial charge is 0.351 e. The normalized spacial score (nSPS) is 25.6. The van der Waals surface area contributed by atoms with Crippen LogP contribution in [0.5, 0.6) is 0 Å². The van der Waals surface area contributed by atoms with Gasteiger partial charge in [0.05, 0.1) is 0 Å². The average molecular weight is 354 g/mol. The van der Waals surface area contributed by atoms with Crippen LogP contribution in [0.4, 0.5) is 0 Å². The summed E-state index contributed by atoms with van der Waals surface area (Å²) in [5, 5.41) is 2.81. The number of carbonyl (C=O) groups is 2. The Morgan fingerprint density at radius 3 is 2.65 bits per heavy atom. The number of benzene rings is 1. The van der Waals surface area contributed by atoms with Crippen LogP contribution in [0.25, 0.3) is 0 Å². The molecule has 1 saturated heterocycles. The molecule has 0 bridgehead atoms. The van der Waals surface area contributed by atoms with Crippen molar-refractivity contribution in [2.75, 3.05) is 18.1 Å². The van der Waals surface area contributed by atoms with E-state index in [1.807, 2.05) is 13.0 Å². The first-order valence-electron chi connectivity index (χ1n) is 7.91. The fraction of sp³-hybridized carbons (Fsp3) is 0.529. The summed E-state index contributed by atoms with van der Waals surface area (Å²) in [6, 6.07) is 8.93. The lowest BCUT2D eigenvalue weighted by molar-refractivity contribution is -0.122. The highest BCUT2D eigenvalue weighted by Crippen LogP contribution is 2.40. The van der Waals surface area contributed by atoms with Crippen molar-refractivity contribution in [2.24, 2.45) is 5.92 Å². The molecule has 1 aromatic rings. The molecular formula is C17H23NO3S2. The van der Waals surface area contributed by atoms with Gasteiger partial charge in [-0.2, -0.15) is 0 Å². The highest BCUT2D eigenvalue weighted by Gasteiger charge is 2.46. The predicted octanol–water partition coefficient (Wildman–Crippen LogP) is 2.61. The predicted molar refractivity (Wildman–Crippen MR) is 96.1 cm³/mol. The van der Waals surface area contributed by atoms with E-state index < -0.39 is 14.9 Å². The number of rotatable bonds is 6. The molecule has 0 radical (unpaired) electrons. The lowest BCUT2D eigenvalue weighted by Gasteiger charge is -2.35. The van der Waals surface area contributed by atoms with Crippen LogP contribution in [-0.2, 0) is 15.6 Å². The molecule has 0 aromatic heterocycles. The van der Waals surface area contributed by atoms with Gasteiger partial charge in [-0.1, -0.05) is 32.0 Å². The van der Waals surface area contributed by atoms with Gasteiger partial charge < -0.3 is 5.32 Å². The Morgan fingerprint density at radius 2 is 2.04 bits per heavy atom.